The summed E-state index contributed by atoms with van der Waals surface area (Å²) >= 11 is 0. The molecule has 0 saturated heterocycles. The van der Waals surface area contributed by atoms with Crippen LogP contribution in [0, 0.1) is 6.92 Å². The van der Waals surface area contributed by atoms with E-state index in [2.05, 4.69) is 133 Å². The second-order valence-corrected chi connectivity index (χ2v) is 9.14. The average Bonchev–Trinajstić information content (AvgIpc) is 3.24. The van der Waals surface area contributed by atoms with E-state index in [-0.39, 0.29) is 0 Å². The highest BCUT2D eigenvalue weighted by Crippen LogP contribution is 2.30. The molecule has 0 atom stereocenters. The summed E-state index contributed by atoms with van der Waals surface area (Å²) in [6, 6.07) is 30.2. The summed E-state index contributed by atoms with van der Waals surface area (Å²) < 4.78 is 2.27. The van der Waals surface area contributed by atoms with Gasteiger partial charge in [0.05, 0.1) is 0 Å². The van der Waals surface area contributed by atoms with Crippen LogP contribution >= 0.6 is 0 Å². The molecule has 1 aliphatic rings. The van der Waals surface area contributed by atoms with Crippen molar-refractivity contribution >= 4 is 17.1 Å². The zero-order valence-corrected chi connectivity index (χ0v) is 20.1. The van der Waals surface area contributed by atoms with Crippen molar-refractivity contribution in [3.8, 4) is 22.5 Å². The fourth-order valence-electron chi connectivity index (χ4n) is 4.37. The molecule has 0 radical (unpaired) electrons. The molecule has 0 unspecified atom stereocenters. The van der Waals surface area contributed by atoms with Gasteiger partial charge in [-0.2, -0.15) is 0 Å². The van der Waals surface area contributed by atoms with Crippen LogP contribution in [-0.2, 0) is 7.05 Å². The third-order valence-electron chi connectivity index (χ3n) is 6.49. The highest BCUT2D eigenvalue weighted by atomic mass is 15.0. The summed E-state index contributed by atoms with van der Waals surface area (Å²) in [7, 11) is 2.14. The Labute approximate surface area is 202 Å². The maximum absolute atomic E-state index is 3.55. The largest absolute Gasteiger partial charge is 0.359 e. The summed E-state index contributed by atoms with van der Waals surface area (Å²) in [6.45, 7) is 4.29. The van der Waals surface area contributed by atoms with Crippen LogP contribution in [0.1, 0.15) is 25.3 Å². The number of benzene rings is 3. The van der Waals surface area contributed by atoms with Gasteiger partial charge >= 0.3 is 0 Å². The van der Waals surface area contributed by atoms with E-state index in [0.29, 0.717) is 0 Å². The lowest BCUT2D eigenvalue weighted by atomic mass is 10.0. The van der Waals surface area contributed by atoms with Crippen molar-refractivity contribution in [1.29, 1.82) is 0 Å². The molecule has 1 heterocycles. The standard InChI is InChI=1S/C31H31N3/c1-22-4-12-26(13-5-22)32-28-16-8-24(9-17-28)30-20-21-31(34(30)3)25-10-18-29(19-11-25)33-27-14-6-23(2)7-15-27/h4-6,8-14,16-21,32-33H,7,15H2,1-3H3. The van der Waals surface area contributed by atoms with Crippen LogP contribution in [0.3, 0.4) is 0 Å². The van der Waals surface area contributed by atoms with Crippen LogP contribution in [-0.4, -0.2) is 4.57 Å². The first-order valence-electron chi connectivity index (χ1n) is 11.9. The molecule has 170 valence electrons. The third-order valence-corrected chi connectivity index (χ3v) is 6.49. The molecular weight excluding hydrogens is 414 g/mol. The van der Waals surface area contributed by atoms with Gasteiger partial charge in [-0.1, -0.05) is 53.6 Å². The normalized spacial score (nSPS) is 13.3. The van der Waals surface area contributed by atoms with Crippen molar-refractivity contribution in [3.05, 3.63) is 114 Å². The Bertz CT molecular complexity index is 1340. The van der Waals surface area contributed by atoms with Crippen LogP contribution in [0.15, 0.2) is 108 Å². The number of rotatable bonds is 6. The number of nitrogens with one attached hydrogen (secondary N) is 2. The van der Waals surface area contributed by atoms with Crippen molar-refractivity contribution in [1.82, 2.24) is 4.57 Å². The monoisotopic (exact) mass is 445 g/mol. The number of hydrogen-bond acceptors (Lipinski definition) is 2. The fourth-order valence-corrected chi connectivity index (χ4v) is 4.37. The lowest BCUT2D eigenvalue weighted by molar-refractivity contribution is 0.910. The average molecular weight is 446 g/mol. The molecule has 0 bridgehead atoms. The van der Waals surface area contributed by atoms with Gasteiger partial charge in [0.25, 0.3) is 0 Å². The molecule has 34 heavy (non-hydrogen) atoms. The summed E-state index contributed by atoms with van der Waals surface area (Å²) in [6.07, 6.45) is 6.60. The van der Waals surface area contributed by atoms with Crippen LogP contribution in [0.4, 0.5) is 17.1 Å². The molecule has 2 N–H and O–H groups in total. The molecule has 1 aliphatic carbocycles. The third kappa shape index (κ3) is 4.84. The van der Waals surface area contributed by atoms with E-state index in [0.717, 1.165) is 29.9 Å². The van der Waals surface area contributed by atoms with Crippen LogP contribution in [0.25, 0.3) is 22.5 Å². The molecule has 1 aromatic heterocycles. The molecule has 0 amide bonds. The second kappa shape index (κ2) is 9.48. The van der Waals surface area contributed by atoms with Crippen LogP contribution in [0.2, 0.25) is 0 Å². The summed E-state index contributed by atoms with van der Waals surface area (Å²) in [4.78, 5) is 0. The molecule has 0 fully saturated rings. The SMILES string of the molecule is CC1=CC=C(Nc2ccc(-c3ccc(-c4ccc(Nc5ccc(C)cc5)cc4)n3C)cc2)CC1. The first-order valence-corrected chi connectivity index (χ1v) is 11.9. The lowest BCUT2D eigenvalue weighted by Crippen LogP contribution is -2.02. The molecule has 4 aromatic rings. The molecule has 5 rings (SSSR count). The smallest absolute Gasteiger partial charge is 0.0482 e. The maximum atomic E-state index is 3.55. The van der Waals surface area contributed by atoms with Crippen molar-refractivity contribution in [2.24, 2.45) is 7.05 Å². The van der Waals surface area contributed by atoms with Crippen molar-refractivity contribution < 1.29 is 0 Å². The molecule has 0 saturated carbocycles. The van der Waals surface area contributed by atoms with Gasteiger partial charge in [-0.15, -0.1) is 0 Å². The molecule has 3 nitrogen and oxygen atoms in total. The van der Waals surface area contributed by atoms with E-state index in [4.69, 9.17) is 0 Å². The number of hydrogen-bond donors (Lipinski definition) is 2. The summed E-state index contributed by atoms with van der Waals surface area (Å²) in [5.74, 6) is 0. The number of aryl methyl sites for hydroxylation is 1. The topological polar surface area (TPSA) is 29.0 Å². The van der Waals surface area contributed by atoms with Crippen molar-refractivity contribution in [2.45, 2.75) is 26.7 Å². The lowest BCUT2D eigenvalue weighted by Gasteiger charge is -2.15. The van der Waals surface area contributed by atoms with Crippen LogP contribution in [0.5, 0.6) is 0 Å². The first kappa shape index (κ1) is 21.8. The highest BCUT2D eigenvalue weighted by Gasteiger charge is 2.10. The Morgan fingerprint density at radius 1 is 0.559 bits per heavy atom. The van der Waals surface area contributed by atoms with Crippen LogP contribution < -0.4 is 10.6 Å². The van der Waals surface area contributed by atoms with Gasteiger partial charge in [-0.3, -0.25) is 0 Å². The zero-order chi connectivity index (χ0) is 23.5. The van der Waals surface area contributed by atoms with Gasteiger partial charge in [0.2, 0.25) is 0 Å². The predicted molar refractivity (Wildman–Crippen MR) is 145 cm³/mol. The fraction of sp³-hybridized carbons (Fsp3) is 0.161. The number of nitrogens with zero attached hydrogens (tertiary/aromatic N) is 1. The van der Waals surface area contributed by atoms with Gasteiger partial charge < -0.3 is 15.2 Å². The number of aromatic nitrogens is 1. The van der Waals surface area contributed by atoms with Gasteiger partial charge in [0.15, 0.2) is 0 Å². The van der Waals surface area contributed by atoms with E-state index in [9.17, 15) is 0 Å². The minimum atomic E-state index is 1.07. The van der Waals surface area contributed by atoms with Crippen molar-refractivity contribution in [2.75, 3.05) is 10.6 Å². The summed E-state index contributed by atoms with van der Waals surface area (Å²) in [5.41, 5.74) is 12.1. The zero-order valence-electron chi connectivity index (χ0n) is 20.1. The minimum Gasteiger partial charge on any atom is -0.359 e. The number of allylic oxidation sites excluding steroid dienone is 4. The van der Waals surface area contributed by atoms with E-state index < -0.39 is 0 Å². The van der Waals surface area contributed by atoms with E-state index >= 15 is 0 Å². The quantitative estimate of drug-likeness (QED) is 0.312. The van der Waals surface area contributed by atoms with Gasteiger partial charge in [0.1, 0.15) is 0 Å². The molecule has 3 aromatic carbocycles. The Balaban J connectivity index is 1.30. The Morgan fingerprint density at radius 3 is 1.56 bits per heavy atom. The second-order valence-electron chi connectivity index (χ2n) is 9.14. The maximum Gasteiger partial charge on any atom is 0.0482 e. The van der Waals surface area contributed by atoms with Gasteiger partial charge in [-0.05, 0) is 92.4 Å². The Hall–Kier alpha value is -3.98. The predicted octanol–water partition coefficient (Wildman–Crippen LogP) is 8.45. The minimum absolute atomic E-state index is 1.07. The van der Waals surface area contributed by atoms with Gasteiger partial charge in [-0.25, -0.2) is 0 Å². The van der Waals surface area contributed by atoms with Crippen molar-refractivity contribution in [3.63, 3.8) is 0 Å². The van der Waals surface area contributed by atoms with E-state index in [1.165, 1.54) is 39.3 Å². The highest BCUT2D eigenvalue weighted by molar-refractivity contribution is 5.72. The Morgan fingerprint density at radius 2 is 1.06 bits per heavy atom. The first-order chi connectivity index (χ1) is 16.5. The molecule has 0 aliphatic heterocycles. The van der Waals surface area contributed by atoms with E-state index in [1.807, 2.05) is 0 Å². The summed E-state index contributed by atoms with van der Waals surface area (Å²) in [5, 5.41) is 7.03. The van der Waals surface area contributed by atoms with Gasteiger partial charge in [0, 0.05) is 41.2 Å². The van der Waals surface area contributed by atoms with E-state index in [1.54, 1.807) is 0 Å². The number of anilines is 3. The molecular formula is C31H31N3. The molecule has 0 spiro atoms. The Kier molecular flexibility index (Phi) is 6.09. The molecule has 3 heteroatoms.